The monoisotopic (exact) mass is 1080 g/mol. The molecule has 0 unspecified atom stereocenters. The van der Waals surface area contributed by atoms with Crippen molar-refractivity contribution in [3.05, 3.63) is 95.6 Å². The second-order valence-corrected chi connectivity index (χ2v) is 19.8. The van der Waals surface area contributed by atoms with Crippen molar-refractivity contribution in [3.8, 4) is 12.1 Å². The van der Waals surface area contributed by atoms with Gasteiger partial charge in [0.15, 0.2) is 35.3 Å². The van der Waals surface area contributed by atoms with E-state index in [1.165, 1.54) is 18.9 Å². The number of hydrogen-bond donors (Lipinski definition) is 7. The molecule has 0 aromatic carbocycles. The molecule has 0 aliphatic rings. The summed E-state index contributed by atoms with van der Waals surface area (Å²) >= 11 is 6.39. The molecule has 0 atom stereocenters. The van der Waals surface area contributed by atoms with Crippen molar-refractivity contribution < 1.29 is 26.3 Å². The van der Waals surface area contributed by atoms with E-state index in [0.29, 0.717) is 54.1 Å². The number of anilines is 1. The smallest absolute Gasteiger partial charge is 0.484 e. The number of sulfonamides is 1. The Morgan fingerprint density at radius 1 is 0.648 bits per heavy atom. The van der Waals surface area contributed by atoms with Crippen molar-refractivity contribution in [2.45, 2.75) is 68.1 Å². The average Bonchev–Trinajstić information content (AvgIpc) is 3.29. The van der Waals surface area contributed by atoms with Crippen molar-refractivity contribution >= 4 is 110 Å². The van der Waals surface area contributed by atoms with Gasteiger partial charge < -0.3 is 39.1 Å². The molecule has 13 N–H and O–H groups in total. The fourth-order valence-electron chi connectivity index (χ4n) is 4.54. The molecular formula is C43H58F3N17O3S5. The van der Waals surface area contributed by atoms with Gasteiger partial charge in [0.2, 0.25) is 0 Å². The van der Waals surface area contributed by atoms with Crippen LogP contribution in [0, 0.1) is 28.1 Å². The SMILES string of the molecule is CC(C)=Nc1cccc(CSCCC#N)n1.COC(=N)CCSCc1cccc(N=C(N)N)n1.N#CCCSCc1cccc(N)n1.NC(N)=Nc1cccc(CSCCC(N)=NS(=O)(=O)C(F)(F)F)n1. The number of aliphatic imine (C=N–C) groups is 3. The molecule has 71 heavy (non-hydrogen) atoms. The minimum Gasteiger partial charge on any atom is -0.484 e. The molecule has 4 aromatic heterocycles. The van der Waals surface area contributed by atoms with Gasteiger partial charge in [-0.3, -0.25) is 5.41 Å². The number of nitrogens with one attached hydrogen (secondary N) is 1. The fourth-order valence-corrected chi connectivity index (χ4v) is 8.25. The Morgan fingerprint density at radius 3 is 1.39 bits per heavy atom. The maximum atomic E-state index is 12.1. The minimum atomic E-state index is -5.60. The van der Waals surface area contributed by atoms with Gasteiger partial charge in [0.1, 0.15) is 11.7 Å². The second-order valence-electron chi connectivity index (χ2n) is 13.8. The minimum absolute atomic E-state index is 0.000783. The van der Waals surface area contributed by atoms with Crippen LogP contribution in [0.25, 0.3) is 0 Å². The van der Waals surface area contributed by atoms with Crippen molar-refractivity contribution in [1.29, 1.82) is 15.9 Å². The summed E-state index contributed by atoms with van der Waals surface area (Å²) in [6.45, 7) is 3.91. The highest BCUT2D eigenvalue weighted by Crippen LogP contribution is 2.25. The summed E-state index contributed by atoms with van der Waals surface area (Å²) in [5.41, 5.74) is 30.9. The van der Waals surface area contributed by atoms with E-state index >= 15 is 0 Å². The number of halogens is 3. The van der Waals surface area contributed by atoms with Crippen LogP contribution in [0.3, 0.4) is 0 Å². The number of thioether (sulfide) groups is 4. The van der Waals surface area contributed by atoms with Gasteiger partial charge in [0, 0.05) is 77.4 Å². The molecule has 384 valence electrons. The zero-order chi connectivity index (χ0) is 53.1. The molecular weight excluding hydrogens is 1020 g/mol. The van der Waals surface area contributed by atoms with E-state index in [1.807, 2.05) is 56.3 Å². The Morgan fingerprint density at radius 2 is 1.03 bits per heavy atom. The Kier molecular flexibility index (Phi) is 31.5. The number of pyridine rings is 4. The number of ether oxygens (including phenoxy) is 1. The summed E-state index contributed by atoms with van der Waals surface area (Å²) in [6, 6.07) is 26.2. The molecule has 4 aromatic rings. The van der Waals surface area contributed by atoms with Crippen LogP contribution in [-0.4, -0.2) is 93.3 Å². The molecule has 0 aliphatic carbocycles. The molecule has 4 heterocycles. The largest absolute Gasteiger partial charge is 0.518 e. The molecule has 0 saturated carbocycles. The third kappa shape index (κ3) is 31.5. The Balaban J connectivity index is 0.000000485. The quantitative estimate of drug-likeness (QED) is 0.0232. The molecule has 20 nitrogen and oxygen atoms in total. The van der Waals surface area contributed by atoms with Gasteiger partial charge in [-0.1, -0.05) is 24.3 Å². The lowest BCUT2D eigenvalue weighted by atomic mass is 10.4. The number of nitrogens with two attached hydrogens (primary N) is 6. The van der Waals surface area contributed by atoms with Crippen LogP contribution in [0.1, 0.15) is 62.3 Å². The van der Waals surface area contributed by atoms with E-state index in [0.717, 1.165) is 63.1 Å². The van der Waals surface area contributed by atoms with E-state index in [4.69, 9.17) is 55.1 Å². The van der Waals surface area contributed by atoms with Crippen LogP contribution >= 0.6 is 47.0 Å². The van der Waals surface area contributed by atoms with Crippen molar-refractivity contribution in [1.82, 2.24) is 19.9 Å². The normalized spacial score (nSPS) is 10.7. The highest BCUT2D eigenvalue weighted by molar-refractivity contribution is 7.99. The molecule has 0 spiro atoms. The van der Waals surface area contributed by atoms with E-state index in [1.54, 1.807) is 65.6 Å². The first-order valence-electron chi connectivity index (χ1n) is 20.8. The van der Waals surface area contributed by atoms with Crippen LogP contribution in [0.2, 0.25) is 0 Å². The topological polar surface area (TPSA) is 372 Å². The number of methoxy groups -OCH3 is 1. The summed E-state index contributed by atoms with van der Waals surface area (Å²) in [5.74, 6) is 7.33. The highest BCUT2D eigenvalue weighted by Gasteiger charge is 2.46. The lowest BCUT2D eigenvalue weighted by Crippen LogP contribution is -2.25. The molecule has 0 aliphatic heterocycles. The zero-order valence-electron chi connectivity index (χ0n) is 39.2. The number of amidine groups is 1. The number of guanidine groups is 2. The molecule has 0 bridgehead atoms. The van der Waals surface area contributed by atoms with Gasteiger partial charge in [-0.15, -0.1) is 4.40 Å². The third-order valence-corrected chi connectivity index (χ3v) is 12.5. The number of nitrogen functional groups attached to an aromatic ring is 1. The first kappa shape index (κ1) is 62.7. The summed E-state index contributed by atoms with van der Waals surface area (Å²) in [7, 11) is -4.09. The van der Waals surface area contributed by atoms with Crippen molar-refractivity contribution in [3.63, 3.8) is 0 Å². The molecule has 0 saturated heterocycles. The van der Waals surface area contributed by atoms with Gasteiger partial charge >= 0.3 is 15.5 Å². The van der Waals surface area contributed by atoms with Crippen LogP contribution in [-0.2, 0) is 37.8 Å². The summed E-state index contributed by atoms with van der Waals surface area (Å²) in [6.07, 6.45) is 1.69. The zero-order valence-corrected chi connectivity index (χ0v) is 43.3. The Labute approximate surface area is 429 Å². The van der Waals surface area contributed by atoms with Gasteiger partial charge in [-0.2, -0.15) is 89.1 Å². The highest BCUT2D eigenvalue weighted by atomic mass is 32.2. The lowest BCUT2D eigenvalue weighted by Gasteiger charge is -2.05. The van der Waals surface area contributed by atoms with E-state index in [2.05, 4.69) is 51.4 Å². The third-order valence-electron chi connectivity index (χ3n) is 7.50. The average molecular weight is 1080 g/mol. The van der Waals surface area contributed by atoms with Gasteiger partial charge in [-0.05, 0) is 62.4 Å². The predicted molar refractivity (Wildman–Crippen MR) is 286 cm³/mol. The first-order valence-corrected chi connectivity index (χ1v) is 26.9. The maximum absolute atomic E-state index is 12.1. The molecule has 0 amide bonds. The number of aromatic nitrogens is 4. The number of nitriles is 2. The van der Waals surface area contributed by atoms with Crippen LogP contribution < -0.4 is 34.4 Å². The summed E-state index contributed by atoms with van der Waals surface area (Å²) in [5, 5.41) is 24.1. The van der Waals surface area contributed by atoms with Crippen LogP contribution in [0.5, 0.6) is 0 Å². The Hall–Kier alpha value is -6.33. The fraction of sp³-hybridized carbons (Fsp3) is 0.372. The number of hydrogen-bond acceptors (Lipinski definition) is 18. The molecule has 0 radical (unpaired) electrons. The lowest BCUT2D eigenvalue weighted by molar-refractivity contribution is -0.0435. The molecule has 4 rings (SSSR count). The van der Waals surface area contributed by atoms with E-state index in [9.17, 15) is 21.6 Å². The van der Waals surface area contributed by atoms with Gasteiger partial charge in [0.25, 0.3) is 0 Å². The Bertz CT molecular complexity index is 2560. The number of rotatable bonds is 22. The number of nitrogens with zero attached hydrogens (tertiary/aromatic N) is 10. The van der Waals surface area contributed by atoms with Crippen molar-refractivity contribution in [2.24, 2.45) is 48.0 Å². The van der Waals surface area contributed by atoms with E-state index < -0.39 is 21.4 Å². The van der Waals surface area contributed by atoms with Crippen LogP contribution in [0.15, 0.2) is 92.2 Å². The van der Waals surface area contributed by atoms with Crippen molar-refractivity contribution in [2.75, 3.05) is 35.9 Å². The van der Waals surface area contributed by atoms with E-state index in [-0.39, 0.29) is 24.1 Å². The second kappa shape index (κ2) is 35.7. The summed E-state index contributed by atoms with van der Waals surface area (Å²) in [4.78, 5) is 29.0. The molecule has 28 heteroatoms. The standard InChI is InChI=1S/C12H15N3S.C11H15F3N6O2S2.C11H17N5OS.C9H11N3S/c1-10(2)14-12-6-3-5-11(15-12)9-16-8-4-7-13;12-11(13,14)24(21,22)20-8(15)4-5-23-6-7-2-1-3-9(18-7)19-10(16)17;1-17-9(12)5-6-18-7-8-3-2-4-10(15-8)16-11(13)14;10-5-2-6-13-7-8-3-1-4-9(11)12-8/h3,5-6H,4,8-9H2,1-2H3;1-3H,4-6H2,(H2,15,20)(H4,16,17,18,19);2-4,12H,5-7H2,1H3,(H4,13,14,15,16);1,3-4H,2,6-7H2,(H2,11,12). The van der Waals surface area contributed by atoms with Crippen LogP contribution in [0.4, 0.5) is 36.4 Å². The maximum Gasteiger partial charge on any atom is 0.518 e. The van der Waals surface area contributed by atoms with Gasteiger partial charge in [0.05, 0.1) is 42.0 Å². The first-order chi connectivity index (χ1) is 33.7. The van der Waals surface area contributed by atoms with Gasteiger partial charge in [-0.25, -0.2) is 24.9 Å². The predicted octanol–water partition coefficient (Wildman–Crippen LogP) is 7.20. The summed E-state index contributed by atoms with van der Waals surface area (Å²) < 4.78 is 65.3. The number of alkyl halides is 3. The molecule has 0 fully saturated rings.